The number of hydrogen-bond acceptors (Lipinski definition) is 5. The van der Waals surface area contributed by atoms with Gasteiger partial charge in [-0.3, -0.25) is 4.79 Å². The van der Waals surface area contributed by atoms with Gasteiger partial charge in [-0.05, 0) is 65.2 Å². The minimum absolute atomic E-state index is 0.143. The van der Waals surface area contributed by atoms with Crippen LogP contribution in [0.25, 0.3) is 0 Å². The summed E-state index contributed by atoms with van der Waals surface area (Å²) < 4.78 is 16.1. The van der Waals surface area contributed by atoms with Crippen LogP contribution in [0.5, 0.6) is 11.5 Å². The van der Waals surface area contributed by atoms with E-state index in [9.17, 15) is 9.59 Å². The number of ether oxygens (including phenoxy) is 3. The molecule has 1 amide bonds. The number of nitrogens with zero attached hydrogens (tertiary/aromatic N) is 1. The van der Waals surface area contributed by atoms with Crippen LogP contribution in [-0.2, 0) is 9.53 Å². The van der Waals surface area contributed by atoms with E-state index in [2.05, 4.69) is 0 Å². The van der Waals surface area contributed by atoms with Gasteiger partial charge in [-0.25, -0.2) is 4.79 Å². The van der Waals surface area contributed by atoms with Gasteiger partial charge in [-0.2, -0.15) is 0 Å². The lowest BCUT2D eigenvalue weighted by atomic mass is 9.97. The van der Waals surface area contributed by atoms with Crippen molar-refractivity contribution in [2.45, 2.75) is 65.1 Å². The zero-order valence-electron chi connectivity index (χ0n) is 16.3. The largest absolute Gasteiger partial charge is 0.493 e. The minimum Gasteiger partial charge on any atom is -0.493 e. The standard InChI is InChI=1S/C20H29NO5/c1-6-25-17-11-10-16(12-18(17)24-5)20(23)26-15(4)19(22)21-13(2)8-7-9-14(21)3/h10-15H,6-9H2,1-5H3/t13-,14+,15-/m0/s1. The van der Waals surface area contributed by atoms with E-state index in [1.165, 1.54) is 7.11 Å². The number of hydrogen-bond donors (Lipinski definition) is 0. The SMILES string of the molecule is CCOc1ccc(C(=O)O[C@@H](C)C(=O)N2[C@H](C)CCC[C@@H]2C)cc1OC. The Morgan fingerprint density at radius 3 is 2.42 bits per heavy atom. The zero-order chi connectivity index (χ0) is 19.3. The molecular formula is C20H29NO5. The fraction of sp³-hybridized carbons (Fsp3) is 0.600. The second-order valence-electron chi connectivity index (χ2n) is 6.72. The van der Waals surface area contributed by atoms with Crippen molar-refractivity contribution < 1.29 is 23.8 Å². The summed E-state index contributed by atoms with van der Waals surface area (Å²) >= 11 is 0. The number of benzene rings is 1. The number of piperidine rings is 1. The van der Waals surface area contributed by atoms with Crippen molar-refractivity contribution in [3.8, 4) is 11.5 Å². The van der Waals surface area contributed by atoms with Crippen LogP contribution >= 0.6 is 0 Å². The highest BCUT2D eigenvalue weighted by molar-refractivity contribution is 5.93. The first kappa shape index (κ1) is 20.1. The van der Waals surface area contributed by atoms with Gasteiger partial charge in [0.2, 0.25) is 0 Å². The Bertz CT molecular complexity index is 635. The third-order valence-corrected chi connectivity index (χ3v) is 4.78. The molecule has 3 atom stereocenters. The Hall–Kier alpha value is -2.24. The molecule has 6 heteroatoms. The normalized spacial score (nSPS) is 21.0. The number of carbonyl (C=O) groups excluding carboxylic acids is 2. The van der Waals surface area contributed by atoms with Gasteiger partial charge in [0.1, 0.15) is 0 Å². The van der Waals surface area contributed by atoms with Crippen LogP contribution in [0.15, 0.2) is 18.2 Å². The molecule has 1 aliphatic rings. The second kappa shape index (κ2) is 8.92. The van der Waals surface area contributed by atoms with Crippen molar-refractivity contribution in [3.05, 3.63) is 23.8 Å². The monoisotopic (exact) mass is 363 g/mol. The smallest absolute Gasteiger partial charge is 0.339 e. The summed E-state index contributed by atoms with van der Waals surface area (Å²) in [6.45, 7) is 8.08. The van der Waals surface area contributed by atoms with Gasteiger partial charge in [-0.15, -0.1) is 0 Å². The van der Waals surface area contributed by atoms with Crippen LogP contribution in [0.2, 0.25) is 0 Å². The number of amides is 1. The summed E-state index contributed by atoms with van der Waals surface area (Å²) in [7, 11) is 1.51. The van der Waals surface area contributed by atoms with Crippen molar-refractivity contribution in [1.29, 1.82) is 0 Å². The Morgan fingerprint density at radius 1 is 1.19 bits per heavy atom. The number of esters is 1. The van der Waals surface area contributed by atoms with E-state index in [1.807, 2.05) is 25.7 Å². The topological polar surface area (TPSA) is 65.1 Å². The molecule has 1 fully saturated rings. The van der Waals surface area contributed by atoms with E-state index < -0.39 is 12.1 Å². The summed E-state index contributed by atoms with van der Waals surface area (Å²) in [5, 5.41) is 0. The lowest BCUT2D eigenvalue weighted by Gasteiger charge is -2.40. The number of rotatable bonds is 6. The molecule has 0 aliphatic carbocycles. The summed E-state index contributed by atoms with van der Waals surface area (Å²) in [4.78, 5) is 27.1. The van der Waals surface area contributed by atoms with Crippen molar-refractivity contribution in [2.75, 3.05) is 13.7 Å². The molecule has 0 radical (unpaired) electrons. The molecule has 144 valence electrons. The molecule has 1 aliphatic heterocycles. The van der Waals surface area contributed by atoms with Crippen molar-refractivity contribution in [1.82, 2.24) is 4.90 Å². The molecule has 0 saturated carbocycles. The van der Waals surface area contributed by atoms with Gasteiger partial charge in [0, 0.05) is 12.1 Å². The van der Waals surface area contributed by atoms with Gasteiger partial charge in [0.25, 0.3) is 5.91 Å². The van der Waals surface area contributed by atoms with E-state index in [4.69, 9.17) is 14.2 Å². The highest BCUT2D eigenvalue weighted by Crippen LogP contribution is 2.29. The second-order valence-corrected chi connectivity index (χ2v) is 6.72. The van der Waals surface area contributed by atoms with Gasteiger partial charge in [0.05, 0.1) is 19.3 Å². The Labute approximate surface area is 155 Å². The zero-order valence-corrected chi connectivity index (χ0v) is 16.3. The van der Waals surface area contributed by atoms with Gasteiger partial charge in [0.15, 0.2) is 17.6 Å². The third-order valence-electron chi connectivity index (χ3n) is 4.78. The molecule has 1 heterocycles. The molecule has 1 aromatic rings. The van der Waals surface area contributed by atoms with Crippen LogP contribution in [0.4, 0.5) is 0 Å². The molecule has 0 N–H and O–H groups in total. The quantitative estimate of drug-likeness (QED) is 0.725. The van der Waals surface area contributed by atoms with Crippen LogP contribution in [0.3, 0.4) is 0 Å². The van der Waals surface area contributed by atoms with Crippen LogP contribution in [0.1, 0.15) is 57.3 Å². The first-order chi connectivity index (χ1) is 12.4. The molecule has 0 unspecified atom stereocenters. The Kier molecular flexibility index (Phi) is 6.89. The maximum absolute atomic E-state index is 12.8. The summed E-state index contributed by atoms with van der Waals surface area (Å²) in [5.74, 6) is 0.325. The molecule has 0 bridgehead atoms. The first-order valence-electron chi connectivity index (χ1n) is 9.23. The van der Waals surface area contributed by atoms with E-state index in [0.717, 1.165) is 19.3 Å². The van der Waals surface area contributed by atoms with Gasteiger partial charge in [-0.1, -0.05) is 0 Å². The summed E-state index contributed by atoms with van der Waals surface area (Å²) in [6.07, 6.45) is 2.24. The fourth-order valence-electron chi connectivity index (χ4n) is 3.41. The lowest BCUT2D eigenvalue weighted by molar-refractivity contribution is -0.146. The predicted molar refractivity (Wildman–Crippen MR) is 98.7 cm³/mol. The summed E-state index contributed by atoms with van der Waals surface area (Å²) in [6, 6.07) is 5.17. The molecule has 2 rings (SSSR count). The van der Waals surface area contributed by atoms with Crippen LogP contribution in [-0.4, -0.2) is 48.7 Å². The minimum atomic E-state index is -0.830. The highest BCUT2D eigenvalue weighted by atomic mass is 16.5. The van der Waals surface area contributed by atoms with Gasteiger partial charge >= 0.3 is 5.97 Å². The molecule has 26 heavy (non-hydrogen) atoms. The molecule has 1 aromatic carbocycles. The van der Waals surface area contributed by atoms with Crippen molar-refractivity contribution >= 4 is 11.9 Å². The number of carbonyl (C=O) groups is 2. The average molecular weight is 363 g/mol. The predicted octanol–water partition coefficient (Wildman–Crippen LogP) is 3.43. The van der Waals surface area contributed by atoms with E-state index in [1.54, 1.807) is 25.1 Å². The van der Waals surface area contributed by atoms with Gasteiger partial charge < -0.3 is 19.1 Å². The van der Waals surface area contributed by atoms with E-state index in [-0.39, 0.29) is 18.0 Å². The molecule has 0 spiro atoms. The highest BCUT2D eigenvalue weighted by Gasteiger charge is 2.33. The molecule has 6 nitrogen and oxygen atoms in total. The Balaban J connectivity index is 2.07. The maximum Gasteiger partial charge on any atom is 0.339 e. The third kappa shape index (κ3) is 4.48. The maximum atomic E-state index is 12.8. The summed E-state index contributed by atoms with van der Waals surface area (Å²) in [5.41, 5.74) is 0.324. The number of methoxy groups -OCH3 is 1. The molecule has 1 saturated heterocycles. The molecular weight excluding hydrogens is 334 g/mol. The van der Waals surface area contributed by atoms with Crippen LogP contribution in [0, 0.1) is 0 Å². The van der Waals surface area contributed by atoms with E-state index >= 15 is 0 Å². The fourth-order valence-corrected chi connectivity index (χ4v) is 3.41. The van der Waals surface area contributed by atoms with Crippen molar-refractivity contribution in [2.24, 2.45) is 0 Å². The van der Waals surface area contributed by atoms with Crippen LogP contribution < -0.4 is 9.47 Å². The van der Waals surface area contributed by atoms with E-state index in [0.29, 0.717) is 23.7 Å². The lowest BCUT2D eigenvalue weighted by Crippen LogP contribution is -2.51. The average Bonchev–Trinajstić information content (AvgIpc) is 2.61. The Morgan fingerprint density at radius 2 is 1.85 bits per heavy atom. The molecule has 0 aromatic heterocycles. The number of likely N-dealkylation sites (tertiary alicyclic amines) is 1. The van der Waals surface area contributed by atoms with Crippen molar-refractivity contribution in [3.63, 3.8) is 0 Å². The first-order valence-corrected chi connectivity index (χ1v) is 9.23.